The second kappa shape index (κ2) is 4.02. The summed E-state index contributed by atoms with van der Waals surface area (Å²) in [6, 6.07) is 9.40. The quantitative estimate of drug-likeness (QED) is 0.625. The molecule has 0 heterocycles. The van der Waals surface area contributed by atoms with Gasteiger partial charge in [0.2, 0.25) is 5.78 Å². The van der Waals surface area contributed by atoms with Crippen LogP contribution in [0.2, 0.25) is 0 Å². The molecule has 0 aromatic heterocycles. The van der Waals surface area contributed by atoms with E-state index in [1.54, 1.807) is 0 Å². The first kappa shape index (κ1) is 8.94. The van der Waals surface area contributed by atoms with Gasteiger partial charge in [-0.1, -0.05) is 30.3 Å². The molecule has 0 aliphatic heterocycles. The molecule has 64 valence electrons. The standard InChI is InChI=1S/C10H13NO/c1-11(2)8-10(12)9-6-4-3-5-7-9/h3-7H,8H2,1-2H3/p+1. The third-order valence-corrected chi connectivity index (χ3v) is 1.61. The molecule has 0 unspecified atom stereocenters. The van der Waals surface area contributed by atoms with E-state index in [4.69, 9.17) is 0 Å². The molecule has 2 nitrogen and oxygen atoms in total. The van der Waals surface area contributed by atoms with E-state index >= 15 is 0 Å². The normalized spacial score (nSPS) is 10.2. The molecule has 12 heavy (non-hydrogen) atoms. The zero-order chi connectivity index (χ0) is 8.97. The molecule has 0 saturated heterocycles. The minimum atomic E-state index is 0.204. The number of benzene rings is 1. The summed E-state index contributed by atoms with van der Waals surface area (Å²) in [4.78, 5) is 12.6. The molecule has 0 fully saturated rings. The van der Waals surface area contributed by atoms with Gasteiger partial charge in [0.1, 0.15) is 6.54 Å². The lowest BCUT2D eigenvalue weighted by Gasteiger charge is -2.05. The lowest BCUT2D eigenvalue weighted by atomic mass is 10.1. The molecule has 0 aliphatic carbocycles. The van der Waals surface area contributed by atoms with Crippen molar-refractivity contribution in [1.29, 1.82) is 0 Å². The van der Waals surface area contributed by atoms with Crippen LogP contribution in [0.4, 0.5) is 0 Å². The number of ketones is 1. The Hall–Kier alpha value is -1.15. The SMILES string of the molecule is C[NH+](C)CC(=O)c1ccccc1. The fraction of sp³-hybridized carbons (Fsp3) is 0.300. The van der Waals surface area contributed by atoms with Crippen molar-refractivity contribution in [2.45, 2.75) is 0 Å². The van der Waals surface area contributed by atoms with E-state index < -0.39 is 0 Å². The predicted molar refractivity (Wildman–Crippen MR) is 48.5 cm³/mol. The van der Waals surface area contributed by atoms with Crippen molar-refractivity contribution in [1.82, 2.24) is 0 Å². The van der Waals surface area contributed by atoms with Crippen molar-refractivity contribution in [3.05, 3.63) is 35.9 Å². The Labute approximate surface area is 72.8 Å². The van der Waals surface area contributed by atoms with Crippen LogP contribution in [0.15, 0.2) is 30.3 Å². The van der Waals surface area contributed by atoms with Crippen molar-refractivity contribution >= 4 is 5.78 Å². The molecule has 1 rings (SSSR count). The van der Waals surface area contributed by atoms with Gasteiger partial charge in [-0.15, -0.1) is 0 Å². The summed E-state index contributed by atoms with van der Waals surface area (Å²) in [5.41, 5.74) is 0.804. The average Bonchev–Trinajstić information content (AvgIpc) is 2.05. The Morgan fingerprint density at radius 2 is 1.83 bits per heavy atom. The zero-order valence-electron chi connectivity index (χ0n) is 7.50. The van der Waals surface area contributed by atoms with Gasteiger partial charge < -0.3 is 4.90 Å². The molecule has 0 spiro atoms. The molecule has 0 saturated carbocycles. The fourth-order valence-electron chi connectivity index (χ4n) is 1.05. The lowest BCUT2D eigenvalue weighted by molar-refractivity contribution is -0.848. The highest BCUT2D eigenvalue weighted by molar-refractivity contribution is 5.96. The summed E-state index contributed by atoms with van der Waals surface area (Å²) < 4.78 is 0. The van der Waals surface area contributed by atoms with E-state index in [1.165, 1.54) is 0 Å². The number of rotatable bonds is 3. The highest BCUT2D eigenvalue weighted by Gasteiger charge is 2.07. The third-order valence-electron chi connectivity index (χ3n) is 1.61. The van der Waals surface area contributed by atoms with Gasteiger partial charge >= 0.3 is 0 Å². The first-order chi connectivity index (χ1) is 5.70. The van der Waals surface area contributed by atoms with Crippen molar-refractivity contribution in [3.63, 3.8) is 0 Å². The van der Waals surface area contributed by atoms with Crippen LogP contribution >= 0.6 is 0 Å². The Morgan fingerprint density at radius 1 is 1.25 bits per heavy atom. The Morgan fingerprint density at radius 3 is 2.33 bits per heavy atom. The van der Waals surface area contributed by atoms with E-state index in [9.17, 15) is 4.79 Å². The number of carbonyl (C=O) groups is 1. The summed E-state index contributed by atoms with van der Waals surface area (Å²) in [5.74, 6) is 0.204. The lowest BCUT2D eigenvalue weighted by Crippen LogP contribution is -3.06. The van der Waals surface area contributed by atoms with E-state index in [2.05, 4.69) is 0 Å². The summed E-state index contributed by atoms with van der Waals surface area (Å²) in [7, 11) is 3.95. The van der Waals surface area contributed by atoms with Gasteiger partial charge in [-0.2, -0.15) is 0 Å². The van der Waals surface area contributed by atoms with Gasteiger partial charge in [0.15, 0.2) is 0 Å². The fourth-order valence-corrected chi connectivity index (χ4v) is 1.05. The van der Waals surface area contributed by atoms with E-state index in [1.807, 2.05) is 44.4 Å². The zero-order valence-corrected chi connectivity index (χ0v) is 7.50. The molecule has 1 N–H and O–H groups in total. The van der Waals surface area contributed by atoms with Crippen LogP contribution in [-0.2, 0) is 0 Å². The second-order valence-corrected chi connectivity index (χ2v) is 3.17. The van der Waals surface area contributed by atoms with Gasteiger partial charge in [-0.05, 0) is 0 Å². The van der Waals surface area contributed by atoms with Gasteiger partial charge in [0.05, 0.1) is 14.1 Å². The molecule has 1 aromatic rings. The molecular weight excluding hydrogens is 150 g/mol. The van der Waals surface area contributed by atoms with Gasteiger partial charge in [-0.3, -0.25) is 4.79 Å². The molecule has 0 atom stereocenters. The van der Waals surface area contributed by atoms with Crippen LogP contribution in [0.1, 0.15) is 10.4 Å². The molecule has 0 radical (unpaired) electrons. The highest BCUT2D eigenvalue weighted by atomic mass is 16.1. The topological polar surface area (TPSA) is 21.5 Å². The number of Topliss-reactive ketones (excluding diaryl/α,β-unsaturated/α-hetero) is 1. The van der Waals surface area contributed by atoms with Crippen LogP contribution in [0.5, 0.6) is 0 Å². The number of nitrogens with one attached hydrogen (secondary N) is 1. The van der Waals surface area contributed by atoms with Gasteiger partial charge in [0.25, 0.3) is 0 Å². The molecular formula is C10H14NO+. The van der Waals surface area contributed by atoms with Gasteiger partial charge in [-0.25, -0.2) is 0 Å². The summed E-state index contributed by atoms with van der Waals surface area (Å²) >= 11 is 0. The largest absolute Gasteiger partial charge is 0.333 e. The van der Waals surface area contributed by atoms with Crippen molar-refractivity contribution in [2.24, 2.45) is 0 Å². The van der Waals surface area contributed by atoms with E-state index in [-0.39, 0.29) is 5.78 Å². The summed E-state index contributed by atoms with van der Waals surface area (Å²) in [6.45, 7) is 0.560. The summed E-state index contributed by atoms with van der Waals surface area (Å²) in [6.07, 6.45) is 0. The molecule has 1 aromatic carbocycles. The summed E-state index contributed by atoms with van der Waals surface area (Å²) in [5, 5.41) is 0. The first-order valence-electron chi connectivity index (χ1n) is 4.07. The molecule has 2 heteroatoms. The number of carbonyl (C=O) groups excluding carboxylic acids is 1. The maximum Gasteiger partial charge on any atom is 0.216 e. The maximum absolute atomic E-state index is 11.4. The Kier molecular flexibility index (Phi) is 3.00. The van der Waals surface area contributed by atoms with Crippen LogP contribution in [0, 0.1) is 0 Å². The molecule has 0 bridgehead atoms. The van der Waals surface area contributed by atoms with Crippen LogP contribution in [0.25, 0.3) is 0 Å². The third kappa shape index (κ3) is 2.47. The Balaban J connectivity index is 2.66. The van der Waals surface area contributed by atoms with Crippen molar-refractivity contribution in [2.75, 3.05) is 20.6 Å². The number of quaternary nitrogens is 1. The number of hydrogen-bond acceptors (Lipinski definition) is 1. The minimum Gasteiger partial charge on any atom is -0.333 e. The number of likely N-dealkylation sites (N-methyl/N-ethyl adjacent to an activating group) is 1. The van der Waals surface area contributed by atoms with E-state index in [0.717, 1.165) is 10.5 Å². The van der Waals surface area contributed by atoms with Crippen LogP contribution < -0.4 is 4.90 Å². The van der Waals surface area contributed by atoms with Crippen molar-refractivity contribution < 1.29 is 9.69 Å². The molecule has 0 amide bonds. The minimum absolute atomic E-state index is 0.204. The maximum atomic E-state index is 11.4. The van der Waals surface area contributed by atoms with Crippen molar-refractivity contribution in [3.8, 4) is 0 Å². The smallest absolute Gasteiger partial charge is 0.216 e. The molecule has 0 aliphatic rings. The first-order valence-corrected chi connectivity index (χ1v) is 4.07. The Bertz CT molecular complexity index is 254. The van der Waals surface area contributed by atoms with E-state index in [0.29, 0.717) is 6.54 Å². The highest BCUT2D eigenvalue weighted by Crippen LogP contribution is 1.97. The van der Waals surface area contributed by atoms with Crippen LogP contribution in [-0.4, -0.2) is 26.4 Å². The van der Waals surface area contributed by atoms with Gasteiger partial charge in [0, 0.05) is 5.56 Å². The number of hydrogen-bond donors (Lipinski definition) is 1. The predicted octanol–water partition coefficient (Wildman–Crippen LogP) is 0.0138. The average molecular weight is 164 g/mol. The monoisotopic (exact) mass is 164 g/mol. The second-order valence-electron chi connectivity index (χ2n) is 3.17. The van der Waals surface area contributed by atoms with Crippen LogP contribution in [0.3, 0.4) is 0 Å².